The van der Waals surface area contributed by atoms with E-state index in [0.717, 1.165) is 5.56 Å². The smallest absolute Gasteiger partial charge is 0.338 e. The molecule has 1 aromatic carbocycles. The van der Waals surface area contributed by atoms with Gasteiger partial charge in [0.2, 0.25) is 0 Å². The molecule has 0 saturated carbocycles. The largest absolute Gasteiger partial charge is 0.478 e. The standard InChI is InChI=1S/C19H19NO3/c1-11-15(18(22)23)16(12-7-5-4-6-8-12)17-13(20-11)9-19(2,3)10-14(17)21/h4-8H,9-10H2,1-3H3,(H,22,23). The van der Waals surface area contributed by atoms with E-state index in [-0.39, 0.29) is 16.8 Å². The van der Waals surface area contributed by atoms with Gasteiger partial charge in [0, 0.05) is 17.5 Å². The first-order valence-electron chi connectivity index (χ1n) is 7.65. The molecule has 1 aromatic heterocycles. The fourth-order valence-corrected chi connectivity index (χ4v) is 3.39. The minimum absolute atomic E-state index is 0.0231. The van der Waals surface area contributed by atoms with Crippen molar-refractivity contribution in [3.8, 4) is 11.1 Å². The summed E-state index contributed by atoms with van der Waals surface area (Å²) in [5.41, 5.74) is 2.90. The number of nitrogens with zero attached hydrogens (tertiary/aromatic N) is 1. The molecule has 0 atom stereocenters. The van der Waals surface area contributed by atoms with E-state index in [0.29, 0.717) is 35.4 Å². The molecule has 1 N–H and O–H groups in total. The van der Waals surface area contributed by atoms with Crippen LogP contribution >= 0.6 is 0 Å². The Balaban J connectivity index is 2.38. The van der Waals surface area contributed by atoms with Gasteiger partial charge in [0.1, 0.15) is 0 Å². The summed E-state index contributed by atoms with van der Waals surface area (Å²) >= 11 is 0. The summed E-state index contributed by atoms with van der Waals surface area (Å²) in [4.78, 5) is 29.0. The maximum Gasteiger partial charge on any atom is 0.338 e. The van der Waals surface area contributed by atoms with Gasteiger partial charge in [0.05, 0.1) is 17.0 Å². The molecule has 0 unspecified atom stereocenters. The number of aromatic carboxylic acids is 1. The van der Waals surface area contributed by atoms with E-state index >= 15 is 0 Å². The lowest BCUT2D eigenvalue weighted by Gasteiger charge is -2.31. The van der Waals surface area contributed by atoms with Crippen molar-refractivity contribution in [3.63, 3.8) is 0 Å². The van der Waals surface area contributed by atoms with E-state index in [1.165, 1.54) is 0 Å². The van der Waals surface area contributed by atoms with Crippen molar-refractivity contribution in [2.24, 2.45) is 5.41 Å². The van der Waals surface area contributed by atoms with Crippen molar-refractivity contribution in [2.45, 2.75) is 33.6 Å². The molecule has 4 heteroatoms. The highest BCUT2D eigenvalue weighted by molar-refractivity contribution is 6.10. The van der Waals surface area contributed by atoms with Crippen molar-refractivity contribution < 1.29 is 14.7 Å². The van der Waals surface area contributed by atoms with Crippen molar-refractivity contribution in [2.75, 3.05) is 0 Å². The Labute approximate surface area is 135 Å². The Morgan fingerprint density at radius 2 is 1.78 bits per heavy atom. The van der Waals surface area contributed by atoms with Gasteiger partial charge in [-0.2, -0.15) is 0 Å². The number of fused-ring (bicyclic) bond motifs is 1. The number of hydrogen-bond acceptors (Lipinski definition) is 3. The third-order valence-electron chi connectivity index (χ3n) is 4.29. The molecular formula is C19H19NO3. The number of carboxylic acids is 1. The maximum atomic E-state index is 12.7. The summed E-state index contributed by atoms with van der Waals surface area (Å²) in [5, 5.41) is 9.65. The van der Waals surface area contributed by atoms with E-state index in [1.54, 1.807) is 6.92 Å². The zero-order chi connectivity index (χ0) is 16.8. The van der Waals surface area contributed by atoms with Gasteiger partial charge in [-0.25, -0.2) is 4.79 Å². The summed E-state index contributed by atoms with van der Waals surface area (Å²) in [6.45, 7) is 5.78. The third-order valence-corrected chi connectivity index (χ3v) is 4.29. The van der Waals surface area contributed by atoms with Gasteiger partial charge < -0.3 is 5.11 Å². The monoisotopic (exact) mass is 309 g/mol. The van der Waals surface area contributed by atoms with Gasteiger partial charge in [-0.1, -0.05) is 44.2 Å². The lowest BCUT2D eigenvalue weighted by atomic mass is 9.73. The molecule has 4 nitrogen and oxygen atoms in total. The lowest BCUT2D eigenvalue weighted by Crippen LogP contribution is -2.29. The molecular weight excluding hydrogens is 290 g/mol. The maximum absolute atomic E-state index is 12.7. The van der Waals surface area contributed by atoms with Crippen LogP contribution in [0, 0.1) is 12.3 Å². The number of ketones is 1. The summed E-state index contributed by atoms with van der Waals surface area (Å²) in [7, 11) is 0. The number of aryl methyl sites for hydroxylation is 1. The predicted molar refractivity (Wildman–Crippen MR) is 87.8 cm³/mol. The van der Waals surface area contributed by atoms with Gasteiger partial charge >= 0.3 is 5.97 Å². The molecule has 0 spiro atoms. The molecule has 2 aromatic rings. The molecule has 0 amide bonds. The Morgan fingerprint density at radius 3 is 2.39 bits per heavy atom. The second kappa shape index (κ2) is 5.30. The Kier molecular flexibility index (Phi) is 3.55. The van der Waals surface area contributed by atoms with Gasteiger partial charge in [-0.05, 0) is 24.3 Å². The minimum Gasteiger partial charge on any atom is -0.478 e. The van der Waals surface area contributed by atoms with Crippen LogP contribution in [-0.2, 0) is 6.42 Å². The molecule has 118 valence electrons. The van der Waals surface area contributed by atoms with Crippen LogP contribution in [0.1, 0.15) is 52.4 Å². The van der Waals surface area contributed by atoms with Crippen LogP contribution < -0.4 is 0 Å². The highest BCUT2D eigenvalue weighted by Gasteiger charge is 2.36. The van der Waals surface area contributed by atoms with Crippen LogP contribution in [0.4, 0.5) is 0 Å². The number of rotatable bonds is 2. The van der Waals surface area contributed by atoms with E-state index in [2.05, 4.69) is 4.98 Å². The van der Waals surface area contributed by atoms with Crippen molar-refractivity contribution >= 4 is 11.8 Å². The highest BCUT2D eigenvalue weighted by Crippen LogP contribution is 2.40. The zero-order valence-corrected chi connectivity index (χ0v) is 13.5. The summed E-state index contributed by atoms with van der Waals surface area (Å²) in [6, 6.07) is 9.25. The molecule has 0 bridgehead atoms. The second-order valence-corrected chi connectivity index (χ2v) is 6.88. The van der Waals surface area contributed by atoms with Crippen LogP contribution in [0.5, 0.6) is 0 Å². The van der Waals surface area contributed by atoms with Crippen LogP contribution in [0.25, 0.3) is 11.1 Å². The zero-order valence-electron chi connectivity index (χ0n) is 13.5. The average molecular weight is 309 g/mol. The molecule has 0 radical (unpaired) electrons. The Bertz CT molecular complexity index is 807. The Hall–Kier alpha value is -2.49. The first kappa shape index (κ1) is 15.4. The van der Waals surface area contributed by atoms with Crippen molar-refractivity contribution in [1.82, 2.24) is 4.98 Å². The number of Topliss-reactive ketones (excluding diaryl/α,β-unsaturated/α-hetero) is 1. The Morgan fingerprint density at radius 1 is 1.13 bits per heavy atom. The first-order chi connectivity index (χ1) is 10.8. The number of carboxylic acid groups (broad SMARTS) is 1. The fraction of sp³-hybridized carbons (Fsp3) is 0.316. The molecule has 1 heterocycles. The second-order valence-electron chi connectivity index (χ2n) is 6.88. The number of carbonyl (C=O) groups is 2. The molecule has 1 aliphatic rings. The molecule has 0 saturated heterocycles. The third kappa shape index (κ3) is 2.65. The molecule has 23 heavy (non-hydrogen) atoms. The van der Waals surface area contributed by atoms with Gasteiger partial charge in [-0.15, -0.1) is 0 Å². The molecule has 1 aliphatic carbocycles. The SMILES string of the molecule is Cc1nc2c(c(-c3ccccc3)c1C(=O)O)C(=O)CC(C)(C)C2. The summed E-state index contributed by atoms with van der Waals surface area (Å²) < 4.78 is 0. The lowest BCUT2D eigenvalue weighted by molar-refractivity contribution is 0.0696. The van der Waals surface area contributed by atoms with Gasteiger partial charge in [-0.3, -0.25) is 9.78 Å². The van der Waals surface area contributed by atoms with E-state index in [4.69, 9.17) is 0 Å². The minimum atomic E-state index is -1.05. The van der Waals surface area contributed by atoms with Crippen LogP contribution in [0.3, 0.4) is 0 Å². The van der Waals surface area contributed by atoms with E-state index in [1.807, 2.05) is 44.2 Å². The van der Waals surface area contributed by atoms with Crippen LogP contribution in [0.2, 0.25) is 0 Å². The predicted octanol–water partition coefficient (Wildman–Crippen LogP) is 3.91. The van der Waals surface area contributed by atoms with Crippen molar-refractivity contribution in [1.29, 1.82) is 0 Å². The first-order valence-corrected chi connectivity index (χ1v) is 7.65. The molecule has 0 fully saturated rings. The number of benzene rings is 1. The van der Waals surface area contributed by atoms with E-state index in [9.17, 15) is 14.7 Å². The van der Waals surface area contributed by atoms with Gasteiger partial charge in [0.15, 0.2) is 5.78 Å². The topological polar surface area (TPSA) is 67.3 Å². The van der Waals surface area contributed by atoms with Crippen LogP contribution in [-0.4, -0.2) is 21.8 Å². The summed E-state index contributed by atoms with van der Waals surface area (Å²) in [5.74, 6) is -1.07. The van der Waals surface area contributed by atoms with Crippen molar-refractivity contribution in [3.05, 3.63) is 52.8 Å². The highest BCUT2D eigenvalue weighted by atomic mass is 16.4. The quantitative estimate of drug-likeness (QED) is 0.913. The number of pyridine rings is 1. The average Bonchev–Trinajstić information content (AvgIpc) is 2.44. The number of carbonyl (C=O) groups excluding carboxylic acids is 1. The van der Waals surface area contributed by atoms with Crippen LogP contribution in [0.15, 0.2) is 30.3 Å². The fourth-order valence-electron chi connectivity index (χ4n) is 3.39. The molecule has 3 rings (SSSR count). The van der Waals surface area contributed by atoms with E-state index < -0.39 is 5.97 Å². The number of hydrogen-bond donors (Lipinski definition) is 1. The number of aromatic nitrogens is 1. The normalized spacial score (nSPS) is 16.0. The van der Waals surface area contributed by atoms with Gasteiger partial charge in [0.25, 0.3) is 0 Å². The molecule has 0 aliphatic heterocycles. The summed E-state index contributed by atoms with van der Waals surface area (Å²) in [6.07, 6.45) is 1.08.